The van der Waals surface area contributed by atoms with Crippen molar-refractivity contribution in [1.82, 2.24) is 0 Å². The van der Waals surface area contributed by atoms with Gasteiger partial charge >= 0.3 is 0 Å². The maximum absolute atomic E-state index is 10.3. The van der Waals surface area contributed by atoms with E-state index in [4.69, 9.17) is 0 Å². The lowest BCUT2D eigenvalue weighted by Crippen LogP contribution is -2.53. The minimum absolute atomic E-state index is 0.0660. The smallest absolute Gasteiger partial charge is 0.0700 e. The van der Waals surface area contributed by atoms with Crippen LogP contribution in [0.25, 0.3) is 0 Å². The molecular weight excluding hydrogens is 164 g/mol. The Morgan fingerprint density at radius 3 is 1.54 bits per heavy atom. The van der Waals surface area contributed by atoms with Gasteiger partial charge in [-0.05, 0) is 32.1 Å². The van der Waals surface area contributed by atoms with E-state index in [1.807, 2.05) is 6.92 Å². The van der Waals surface area contributed by atoms with Gasteiger partial charge in [-0.15, -0.1) is 0 Å². The zero-order valence-corrected chi connectivity index (χ0v) is 8.42. The molecule has 1 atom stereocenters. The average Bonchev–Trinajstić information content (AvgIpc) is 2.48. The van der Waals surface area contributed by atoms with E-state index in [1.54, 1.807) is 0 Å². The van der Waals surface area contributed by atoms with Gasteiger partial charge in [-0.3, -0.25) is 0 Å². The molecule has 0 aliphatic heterocycles. The third-order valence-electron chi connectivity index (χ3n) is 4.30. The first-order valence-corrected chi connectivity index (χ1v) is 5.52. The minimum Gasteiger partial charge on any atom is -0.390 e. The third-order valence-corrected chi connectivity index (χ3v) is 4.30. The molecule has 0 saturated heterocycles. The number of hydrogen-bond acceptors (Lipinski definition) is 2. The van der Waals surface area contributed by atoms with E-state index in [-0.39, 0.29) is 5.92 Å². The van der Waals surface area contributed by atoms with Crippen LogP contribution in [-0.4, -0.2) is 21.4 Å². The molecule has 2 fully saturated rings. The highest BCUT2D eigenvalue weighted by molar-refractivity contribution is 5.02. The molecule has 2 aliphatic rings. The standard InChI is InChI=1S/C11H20O2/c1-9(11(13)7-4-8-11)10(12)5-2-3-6-10/h9,12-13H,2-8H2,1H3. The van der Waals surface area contributed by atoms with Crippen molar-refractivity contribution < 1.29 is 10.2 Å². The molecule has 76 valence electrons. The van der Waals surface area contributed by atoms with Gasteiger partial charge in [0.25, 0.3) is 0 Å². The van der Waals surface area contributed by atoms with Gasteiger partial charge in [0.2, 0.25) is 0 Å². The molecule has 0 heterocycles. The SMILES string of the molecule is CC(C1(O)CCCC1)C1(O)CCC1. The van der Waals surface area contributed by atoms with Crippen molar-refractivity contribution in [2.75, 3.05) is 0 Å². The molecule has 13 heavy (non-hydrogen) atoms. The van der Waals surface area contributed by atoms with Crippen LogP contribution in [0.1, 0.15) is 51.9 Å². The first-order valence-electron chi connectivity index (χ1n) is 5.52. The van der Waals surface area contributed by atoms with Crippen LogP contribution in [0.2, 0.25) is 0 Å². The van der Waals surface area contributed by atoms with E-state index < -0.39 is 11.2 Å². The first-order chi connectivity index (χ1) is 6.07. The van der Waals surface area contributed by atoms with Crippen molar-refractivity contribution in [3.63, 3.8) is 0 Å². The normalized spacial score (nSPS) is 32.5. The Labute approximate surface area is 80.0 Å². The Morgan fingerprint density at radius 1 is 0.846 bits per heavy atom. The lowest BCUT2D eigenvalue weighted by atomic mass is 9.65. The van der Waals surface area contributed by atoms with Gasteiger partial charge in [-0.25, -0.2) is 0 Å². The van der Waals surface area contributed by atoms with Gasteiger partial charge in [0.15, 0.2) is 0 Å². The summed E-state index contributed by atoms with van der Waals surface area (Å²) in [6, 6.07) is 0. The van der Waals surface area contributed by atoms with Crippen LogP contribution in [0.15, 0.2) is 0 Å². The first kappa shape index (κ1) is 9.47. The summed E-state index contributed by atoms with van der Waals surface area (Å²) < 4.78 is 0. The molecule has 2 N–H and O–H groups in total. The van der Waals surface area contributed by atoms with Crippen LogP contribution in [0, 0.1) is 5.92 Å². The van der Waals surface area contributed by atoms with Gasteiger partial charge < -0.3 is 10.2 Å². The second kappa shape index (κ2) is 2.96. The molecule has 0 radical (unpaired) electrons. The fourth-order valence-corrected chi connectivity index (χ4v) is 2.89. The maximum atomic E-state index is 10.3. The number of rotatable bonds is 2. The Morgan fingerprint density at radius 2 is 1.23 bits per heavy atom. The lowest BCUT2D eigenvalue weighted by molar-refractivity contribution is -0.152. The number of hydrogen-bond donors (Lipinski definition) is 2. The number of aliphatic hydroxyl groups is 2. The Kier molecular flexibility index (Phi) is 2.16. The van der Waals surface area contributed by atoms with Gasteiger partial charge in [-0.1, -0.05) is 19.8 Å². The lowest BCUT2D eigenvalue weighted by Gasteiger charge is -2.47. The summed E-state index contributed by atoms with van der Waals surface area (Å²) in [6.07, 6.45) is 6.91. The Hall–Kier alpha value is -0.0800. The van der Waals surface area contributed by atoms with E-state index in [0.29, 0.717) is 0 Å². The molecule has 2 nitrogen and oxygen atoms in total. The predicted octanol–water partition coefficient (Wildman–Crippen LogP) is 1.84. The van der Waals surface area contributed by atoms with Gasteiger partial charge in [-0.2, -0.15) is 0 Å². The topological polar surface area (TPSA) is 40.5 Å². The fourth-order valence-electron chi connectivity index (χ4n) is 2.89. The molecule has 0 amide bonds. The summed E-state index contributed by atoms with van der Waals surface area (Å²) in [4.78, 5) is 0. The molecule has 0 aromatic rings. The van der Waals surface area contributed by atoms with Crippen LogP contribution in [0.5, 0.6) is 0 Å². The van der Waals surface area contributed by atoms with E-state index in [0.717, 1.165) is 44.9 Å². The molecule has 1 unspecified atom stereocenters. The van der Waals surface area contributed by atoms with E-state index in [2.05, 4.69) is 0 Å². The minimum atomic E-state index is -0.560. The van der Waals surface area contributed by atoms with Gasteiger partial charge in [0.05, 0.1) is 11.2 Å². The highest BCUT2D eigenvalue weighted by Crippen LogP contribution is 2.47. The van der Waals surface area contributed by atoms with Crippen molar-refractivity contribution in [2.24, 2.45) is 5.92 Å². The average molecular weight is 184 g/mol. The summed E-state index contributed by atoms with van der Waals surface area (Å²) in [5.74, 6) is 0.0660. The summed E-state index contributed by atoms with van der Waals surface area (Å²) in [7, 11) is 0. The van der Waals surface area contributed by atoms with E-state index >= 15 is 0 Å². The van der Waals surface area contributed by atoms with Crippen molar-refractivity contribution in [1.29, 1.82) is 0 Å². The Bertz CT molecular complexity index is 190. The van der Waals surface area contributed by atoms with Crippen LogP contribution in [0.4, 0.5) is 0 Å². The fraction of sp³-hybridized carbons (Fsp3) is 1.00. The zero-order chi connectivity index (χ0) is 9.53. The van der Waals surface area contributed by atoms with Crippen molar-refractivity contribution in [2.45, 2.75) is 63.1 Å². The second-order valence-electron chi connectivity index (χ2n) is 4.99. The highest BCUT2D eigenvalue weighted by Gasteiger charge is 2.50. The molecule has 2 saturated carbocycles. The highest BCUT2D eigenvalue weighted by atomic mass is 16.3. The monoisotopic (exact) mass is 184 g/mol. The summed E-state index contributed by atoms with van der Waals surface area (Å²) in [5, 5.41) is 20.4. The van der Waals surface area contributed by atoms with E-state index in [1.165, 1.54) is 0 Å². The van der Waals surface area contributed by atoms with Crippen LogP contribution >= 0.6 is 0 Å². The van der Waals surface area contributed by atoms with Crippen LogP contribution in [0.3, 0.4) is 0 Å². The summed E-state index contributed by atoms with van der Waals surface area (Å²) >= 11 is 0. The quantitative estimate of drug-likeness (QED) is 0.687. The predicted molar refractivity (Wildman–Crippen MR) is 51.4 cm³/mol. The van der Waals surface area contributed by atoms with Crippen molar-refractivity contribution >= 4 is 0 Å². The zero-order valence-electron chi connectivity index (χ0n) is 8.42. The van der Waals surface area contributed by atoms with Gasteiger partial charge in [0.1, 0.15) is 0 Å². The molecule has 0 aromatic heterocycles. The van der Waals surface area contributed by atoms with Crippen molar-refractivity contribution in [3.8, 4) is 0 Å². The van der Waals surface area contributed by atoms with Crippen molar-refractivity contribution in [3.05, 3.63) is 0 Å². The van der Waals surface area contributed by atoms with Crippen LogP contribution in [-0.2, 0) is 0 Å². The van der Waals surface area contributed by atoms with Crippen LogP contribution < -0.4 is 0 Å². The Balaban J connectivity index is 2.06. The molecule has 0 aromatic carbocycles. The molecule has 0 bridgehead atoms. The molecular formula is C11H20O2. The molecule has 2 heteroatoms. The maximum Gasteiger partial charge on any atom is 0.0700 e. The largest absolute Gasteiger partial charge is 0.390 e. The second-order valence-corrected chi connectivity index (χ2v) is 4.99. The summed E-state index contributed by atoms with van der Waals surface area (Å²) in [5.41, 5.74) is -1.10. The summed E-state index contributed by atoms with van der Waals surface area (Å²) in [6.45, 7) is 2.02. The van der Waals surface area contributed by atoms with E-state index in [9.17, 15) is 10.2 Å². The molecule has 2 rings (SSSR count). The molecule has 2 aliphatic carbocycles. The molecule has 0 spiro atoms. The third kappa shape index (κ3) is 1.40. The van der Waals surface area contributed by atoms with Gasteiger partial charge in [0, 0.05) is 5.92 Å².